The molecule has 0 aliphatic rings. The standard InChI is InChI=1S/C12H19N3O4/c1-12(2,8-16)7-13-9(17)6-15-5-4-10(18)14(3)11(15)19/h4-5,16H,6-8H2,1-3H3,(H,13,17). The summed E-state index contributed by atoms with van der Waals surface area (Å²) in [7, 11) is 1.36. The third-order valence-electron chi connectivity index (χ3n) is 2.77. The Balaban J connectivity index is 2.71. The topological polar surface area (TPSA) is 93.3 Å². The SMILES string of the molecule is Cn1c(=O)ccn(CC(=O)NCC(C)(C)CO)c1=O. The van der Waals surface area contributed by atoms with Crippen molar-refractivity contribution in [3.63, 3.8) is 0 Å². The highest BCUT2D eigenvalue weighted by Crippen LogP contribution is 2.10. The summed E-state index contributed by atoms with van der Waals surface area (Å²) in [6.07, 6.45) is 1.29. The molecular weight excluding hydrogens is 250 g/mol. The van der Waals surface area contributed by atoms with Gasteiger partial charge >= 0.3 is 5.69 Å². The quantitative estimate of drug-likeness (QED) is 0.693. The fraction of sp³-hybridized carbons (Fsp3) is 0.583. The van der Waals surface area contributed by atoms with E-state index in [1.807, 2.05) is 13.8 Å². The summed E-state index contributed by atoms with van der Waals surface area (Å²) in [4.78, 5) is 34.6. The van der Waals surface area contributed by atoms with Crippen LogP contribution in [-0.2, 0) is 18.4 Å². The Bertz CT molecular complexity index is 571. The molecular formula is C12H19N3O4. The van der Waals surface area contributed by atoms with E-state index in [1.54, 1.807) is 0 Å². The minimum absolute atomic E-state index is 0.0485. The second-order valence-electron chi connectivity index (χ2n) is 5.22. The van der Waals surface area contributed by atoms with Crippen LogP contribution >= 0.6 is 0 Å². The number of rotatable bonds is 5. The second kappa shape index (κ2) is 5.83. The first-order chi connectivity index (χ1) is 8.76. The van der Waals surface area contributed by atoms with Gasteiger partial charge in [-0.15, -0.1) is 0 Å². The monoisotopic (exact) mass is 269 g/mol. The van der Waals surface area contributed by atoms with Gasteiger partial charge in [-0.05, 0) is 0 Å². The van der Waals surface area contributed by atoms with Crippen molar-refractivity contribution in [1.29, 1.82) is 0 Å². The van der Waals surface area contributed by atoms with Crippen LogP contribution < -0.4 is 16.6 Å². The molecule has 7 heteroatoms. The molecule has 1 aromatic heterocycles. The molecule has 0 saturated heterocycles. The maximum absolute atomic E-state index is 11.7. The Hall–Kier alpha value is -1.89. The number of aromatic nitrogens is 2. The van der Waals surface area contributed by atoms with Crippen molar-refractivity contribution < 1.29 is 9.90 Å². The van der Waals surface area contributed by atoms with E-state index < -0.39 is 16.7 Å². The van der Waals surface area contributed by atoms with E-state index in [1.165, 1.54) is 19.3 Å². The van der Waals surface area contributed by atoms with Crippen molar-refractivity contribution in [1.82, 2.24) is 14.5 Å². The first kappa shape index (κ1) is 15.2. The molecule has 1 rings (SSSR count). The van der Waals surface area contributed by atoms with Gasteiger partial charge in [0.15, 0.2) is 0 Å². The summed E-state index contributed by atoms with van der Waals surface area (Å²) in [6.45, 7) is 3.72. The highest BCUT2D eigenvalue weighted by atomic mass is 16.3. The Labute approximate surface area is 110 Å². The highest BCUT2D eigenvalue weighted by molar-refractivity contribution is 5.75. The minimum Gasteiger partial charge on any atom is -0.396 e. The van der Waals surface area contributed by atoms with Gasteiger partial charge in [0.05, 0.1) is 0 Å². The number of hydrogen-bond acceptors (Lipinski definition) is 4. The molecule has 1 amide bonds. The van der Waals surface area contributed by atoms with Crippen molar-refractivity contribution in [3.8, 4) is 0 Å². The summed E-state index contributed by atoms with van der Waals surface area (Å²) in [5, 5.41) is 11.7. The summed E-state index contributed by atoms with van der Waals surface area (Å²) in [6, 6.07) is 1.23. The van der Waals surface area contributed by atoms with Crippen LogP contribution in [0.15, 0.2) is 21.9 Å². The average Bonchev–Trinajstić information content (AvgIpc) is 2.37. The number of nitrogens with zero attached hydrogens (tertiary/aromatic N) is 2. The van der Waals surface area contributed by atoms with Crippen molar-refractivity contribution >= 4 is 5.91 Å². The van der Waals surface area contributed by atoms with Crippen molar-refractivity contribution in [2.75, 3.05) is 13.2 Å². The predicted molar refractivity (Wildman–Crippen MR) is 69.8 cm³/mol. The van der Waals surface area contributed by atoms with Gasteiger partial charge in [0.25, 0.3) is 5.56 Å². The lowest BCUT2D eigenvalue weighted by molar-refractivity contribution is -0.122. The minimum atomic E-state index is -0.538. The van der Waals surface area contributed by atoms with Crippen molar-refractivity contribution in [2.24, 2.45) is 12.5 Å². The van der Waals surface area contributed by atoms with Crippen LogP contribution in [0.25, 0.3) is 0 Å². The molecule has 7 nitrogen and oxygen atoms in total. The molecule has 0 fully saturated rings. The van der Waals surface area contributed by atoms with Crippen LogP contribution in [0.2, 0.25) is 0 Å². The molecule has 1 aromatic rings. The number of carbonyl (C=O) groups is 1. The summed E-state index contributed by atoms with van der Waals surface area (Å²) < 4.78 is 2.09. The molecule has 1 heterocycles. The molecule has 0 aliphatic heterocycles. The Kier molecular flexibility index (Phi) is 4.66. The Morgan fingerprint density at radius 3 is 2.63 bits per heavy atom. The lowest BCUT2D eigenvalue weighted by Gasteiger charge is -2.21. The molecule has 0 unspecified atom stereocenters. The molecule has 0 atom stereocenters. The molecule has 0 aliphatic carbocycles. The average molecular weight is 269 g/mol. The second-order valence-corrected chi connectivity index (χ2v) is 5.22. The molecule has 0 radical (unpaired) electrons. The third-order valence-corrected chi connectivity index (χ3v) is 2.77. The number of hydrogen-bond donors (Lipinski definition) is 2. The molecule has 0 bridgehead atoms. The number of aliphatic hydroxyl groups is 1. The Morgan fingerprint density at radius 2 is 2.05 bits per heavy atom. The van der Waals surface area contributed by atoms with E-state index in [9.17, 15) is 14.4 Å². The molecule has 0 spiro atoms. The Morgan fingerprint density at radius 1 is 1.42 bits per heavy atom. The first-order valence-corrected chi connectivity index (χ1v) is 5.91. The van der Waals surface area contributed by atoms with Gasteiger partial charge < -0.3 is 10.4 Å². The third kappa shape index (κ3) is 4.06. The molecule has 0 aromatic carbocycles. The van der Waals surface area contributed by atoms with E-state index in [-0.39, 0.29) is 19.1 Å². The van der Waals surface area contributed by atoms with Gasteiger partial charge in [-0.3, -0.25) is 18.7 Å². The normalized spacial score (nSPS) is 11.4. The summed E-state index contributed by atoms with van der Waals surface area (Å²) >= 11 is 0. The van der Waals surface area contributed by atoms with E-state index in [0.717, 1.165) is 9.13 Å². The molecule has 19 heavy (non-hydrogen) atoms. The fourth-order valence-corrected chi connectivity index (χ4v) is 1.34. The molecule has 106 valence electrons. The zero-order chi connectivity index (χ0) is 14.6. The van der Waals surface area contributed by atoms with Gasteiger partial charge in [0.1, 0.15) is 6.54 Å². The maximum Gasteiger partial charge on any atom is 0.331 e. The summed E-state index contributed by atoms with van der Waals surface area (Å²) in [5.41, 5.74) is -1.36. The molecule has 2 N–H and O–H groups in total. The van der Waals surface area contributed by atoms with E-state index >= 15 is 0 Å². The van der Waals surface area contributed by atoms with Gasteiger partial charge in [-0.1, -0.05) is 13.8 Å². The lowest BCUT2D eigenvalue weighted by atomic mass is 9.95. The largest absolute Gasteiger partial charge is 0.396 e. The first-order valence-electron chi connectivity index (χ1n) is 5.91. The summed E-state index contributed by atoms with van der Waals surface area (Å²) in [5.74, 6) is -0.345. The van der Waals surface area contributed by atoms with Crippen LogP contribution in [0.4, 0.5) is 0 Å². The van der Waals surface area contributed by atoms with E-state index in [0.29, 0.717) is 6.54 Å². The van der Waals surface area contributed by atoms with E-state index in [2.05, 4.69) is 5.32 Å². The van der Waals surface area contributed by atoms with Gasteiger partial charge in [-0.25, -0.2) is 4.79 Å². The zero-order valence-electron chi connectivity index (χ0n) is 11.3. The number of amides is 1. The van der Waals surface area contributed by atoms with Crippen LogP contribution in [-0.4, -0.2) is 33.3 Å². The maximum atomic E-state index is 11.7. The lowest BCUT2D eigenvalue weighted by Crippen LogP contribution is -2.42. The fourth-order valence-electron chi connectivity index (χ4n) is 1.34. The van der Waals surface area contributed by atoms with Crippen molar-refractivity contribution in [2.45, 2.75) is 20.4 Å². The van der Waals surface area contributed by atoms with Crippen molar-refractivity contribution in [3.05, 3.63) is 33.1 Å². The zero-order valence-corrected chi connectivity index (χ0v) is 11.3. The van der Waals surface area contributed by atoms with Gasteiger partial charge in [-0.2, -0.15) is 0 Å². The smallest absolute Gasteiger partial charge is 0.331 e. The number of carbonyl (C=O) groups excluding carboxylic acids is 1. The van der Waals surface area contributed by atoms with Crippen LogP contribution in [0, 0.1) is 5.41 Å². The predicted octanol–water partition coefficient (Wildman–Crippen LogP) is -1.32. The number of aliphatic hydroxyl groups excluding tert-OH is 1. The molecule has 0 saturated carbocycles. The van der Waals surface area contributed by atoms with Gasteiger partial charge in [0.2, 0.25) is 5.91 Å². The highest BCUT2D eigenvalue weighted by Gasteiger charge is 2.17. The van der Waals surface area contributed by atoms with Crippen LogP contribution in [0.3, 0.4) is 0 Å². The van der Waals surface area contributed by atoms with Crippen LogP contribution in [0.1, 0.15) is 13.8 Å². The van der Waals surface area contributed by atoms with Gasteiger partial charge in [0, 0.05) is 37.9 Å². The number of nitrogens with one attached hydrogen (secondary N) is 1. The van der Waals surface area contributed by atoms with E-state index in [4.69, 9.17) is 5.11 Å². The van der Waals surface area contributed by atoms with Crippen LogP contribution in [0.5, 0.6) is 0 Å².